The van der Waals surface area contributed by atoms with Gasteiger partial charge in [0.2, 0.25) is 5.88 Å². The number of ether oxygens (including phenoxy) is 1. The first-order valence-corrected chi connectivity index (χ1v) is 5.89. The zero-order valence-electron chi connectivity index (χ0n) is 10.4. The van der Waals surface area contributed by atoms with Crippen molar-refractivity contribution in [3.8, 4) is 11.6 Å². The summed E-state index contributed by atoms with van der Waals surface area (Å²) in [5, 5.41) is 9.81. The number of aromatic nitrogens is 3. The molecule has 0 aliphatic carbocycles. The molecule has 96 valence electrons. The van der Waals surface area contributed by atoms with Crippen LogP contribution in [0.15, 0.2) is 42.9 Å². The maximum Gasteiger partial charge on any atom is 0.237 e. The Bertz CT molecular complexity index is 704. The molecule has 1 aromatic carbocycles. The van der Waals surface area contributed by atoms with E-state index in [2.05, 4.69) is 9.97 Å². The fourth-order valence-electron chi connectivity index (χ4n) is 2.05. The lowest BCUT2D eigenvalue weighted by atomic mass is 10.2. The van der Waals surface area contributed by atoms with Gasteiger partial charge in [0.25, 0.3) is 0 Å². The number of methoxy groups -OCH3 is 1. The molecular formula is C14H13N3O2. The first-order valence-electron chi connectivity index (χ1n) is 5.89. The SMILES string of the molecule is COc1ccc(Cn2cnc3ccnc(O)c32)cc1. The fourth-order valence-corrected chi connectivity index (χ4v) is 2.05. The first-order chi connectivity index (χ1) is 9.28. The second kappa shape index (κ2) is 4.61. The molecule has 0 aliphatic heterocycles. The monoisotopic (exact) mass is 255 g/mol. The summed E-state index contributed by atoms with van der Waals surface area (Å²) in [6.07, 6.45) is 3.25. The van der Waals surface area contributed by atoms with Crippen LogP contribution >= 0.6 is 0 Å². The lowest BCUT2D eigenvalue weighted by molar-refractivity contribution is 0.414. The van der Waals surface area contributed by atoms with E-state index in [-0.39, 0.29) is 5.88 Å². The lowest BCUT2D eigenvalue weighted by Gasteiger charge is -2.06. The van der Waals surface area contributed by atoms with Gasteiger partial charge in [-0.2, -0.15) is 0 Å². The number of hydrogen-bond donors (Lipinski definition) is 1. The van der Waals surface area contributed by atoms with Crippen molar-refractivity contribution in [2.75, 3.05) is 7.11 Å². The van der Waals surface area contributed by atoms with E-state index >= 15 is 0 Å². The maximum absolute atomic E-state index is 9.81. The Kier molecular flexibility index (Phi) is 2.79. The maximum atomic E-state index is 9.81. The van der Waals surface area contributed by atoms with Gasteiger partial charge in [-0.05, 0) is 23.8 Å². The molecule has 0 radical (unpaired) electrons. The molecule has 5 heteroatoms. The fraction of sp³-hybridized carbons (Fsp3) is 0.143. The molecule has 2 heterocycles. The molecule has 0 amide bonds. The van der Waals surface area contributed by atoms with E-state index in [1.165, 1.54) is 0 Å². The van der Waals surface area contributed by atoms with E-state index in [0.29, 0.717) is 12.1 Å². The zero-order valence-corrected chi connectivity index (χ0v) is 10.4. The Morgan fingerprint density at radius 2 is 1.95 bits per heavy atom. The van der Waals surface area contributed by atoms with E-state index in [4.69, 9.17) is 4.74 Å². The highest BCUT2D eigenvalue weighted by molar-refractivity contribution is 5.79. The van der Waals surface area contributed by atoms with E-state index in [9.17, 15) is 5.11 Å². The highest BCUT2D eigenvalue weighted by atomic mass is 16.5. The summed E-state index contributed by atoms with van der Waals surface area (Å²) in [4.78, 5) is 8.13. The Morgan fingerprint density at radius 1 is 1.16 bits per heavy atom. The number of hydrogen-bond acceptors (Lipinski definition) is 4. The average Bonchev–Trinajstić information content (AvgIpc) is 2.84. The standard InChI is InChI=1S/C14H13N3O2/c1-19-11-4-2-10(3-5-11)8-17-9-16-12-6-7-15-14(18)13(12)17/h2-7,9H,8H2,1H3,(H,15,18). The molecule has 0 fully saturated rings. The average molecular weight is 255 g/mol. The van der Waals surface area contributed by atoms with Crippen LogP contribution in [0.25, 0.3) is 11.0 Å². The van der Waals surface area contributed by atoms with Crippen molar-refractivity contribution in [1.29, 1.82) is 0 Å². The molecule has 3 rings (SSSR count). The molecule has 0 unspecified atom stereocenters. The Balaban J connectivity index is 1.96. The normalized spacial score (nSPS) is 10.8. The predicted molar refractivity (Wildman–Crippen MR) is 71.3 cm³/mol. The number of imidazole rings is 1. The van der Waals surface area contributed by atoms with Crippen LogP contribution in [-0.2, 0) is 6.54 Å². The number of pyridine rings is 1. The second-order valence-corrected chi connectivity index (χ2v) is 4.22. The summed E-state index contributed by atoms with van der Waals surface area (Å²) < 4.78 is 7.00. The van der Waals surface area contributed by atoms with Crippen LogP contribution in [0.4, 0.5) is 0 Å². The Labute approximate surface area is 110 Å². The number of nitrogens with zero attached hydrogens (tertiary/aromatic N) is 3. The zero-order chi connectivity index (χ0) is 13.2. The van der Waals surface area contributed by atoms with Gasteiger partial charge in [-0.1, -0.05) is 12.1 Å². The largest absolute Gasteiger partial charge is 0.497 e. The topological polar surface area (TPSA) is 60.2 Å². The summed E-state index contributed by atoms with van der Waals surface area (Å²) in [5.74, 6) is 0.826. The molecular weight excluding hydrogens is 242 g/mol. The van der Waals surface area contributed by atoms with Gasteiger partial charge in [0, 0.05) is 12.7 Å². The molecule has 0 aliphatic rings. The van der Waals surface area contributed by atoms with Crippen LogP contribution in [0.5, 0.6) is 11.6 Å². The minimum Gasteiger partial charge on any atom is -0.497 e. The summed E-state index contributed by atoms with van der Waals surface area (Å²) in [5.41, 5.74) is 2.49. The second-order valence-electron chi connectivity index (χ2n) is 4.22. The van der Waals surface area contributed by atoms with Crippen LogP contribution in [0.3, 0.4) is 0 Å². The van der Waals surface area contributed by atoms with Crippen LogP contribution < -0.4 is 4.74 Å². The van der Waals surface area contributed by atoms with Gasteiger partial charge in [-0.3, -0.25) is 0 Å². The smallest absolute Gasteiger partial charge is 0.237 e. The van der Waals surface area contributed by atoms with Gasteiger partial charge >= 0.3 is 0 Å². The van der Waals surface area contributed by atoms with Crippen molar-refractivity contribution in [1.82, 2.24) is 14.5 Å². The third-order valence-electron chi connectivity index (χ3n) is 3.02. The minimum absolute atomic E-state index is 0.00325. The van der Waals surface area contributed by atoms with Gasteiger partial charge in [-0.25, -0.2) is 9.97 Å². The highest BCUT2D eigenvalue weighted by Crippen LogP contribution is 2.22. The van der Waals surface area contributed by atoms with Gasteiger partial charge < -0.3 is 14.4 Å². The number of rotatable bonds is 3. The van der Waals surface area contributed by atoms with E-state index in [0.717, 1.165) is 16.8 Å². The number of aromatic hydroxyl groups is 1. The minimum atomic E-state index is 0.00325. The van der Waals surface area contributed by atoms with Crippen molar-refractivity contribution in [2.24, 2.45) is 0 Å². The highest BCUT2D eigenvalue weighted by Gasteiger charge is 2.08. The van der Waals surface area contributed by atoms with Crippen molar-refractivity contribution < 1.29 is 9.84 Å². The van der Waals surface area contributed by atoms with Gasteiger partial charge in [0.1, 0.15) is 11.3 Å². The van der Waals surface area contributed by atoms with Crippen LogP contribution in [0.2, 0.25) is 0 Å². The van der Waals surface area contributed by atoms with Crippen molar-refractivity contribution in [3.63, 3.8) is 0 Å². The molecule has 0 saturated heterocycles. The Hall–Kier alpha value is -2.56. The van der Waals surface area contributed by atoms with E-state index < -0.39 is 0 Å². The molecule has 0 atom stereocenters. The molecule has 2 aromatic heterocycles. The molecule has 3 aromatic rings. The van der Waals surface area contributed by atoms with Crippen molar-refractivity contribution >= 4 is 11.0 Å². The number of benzene rings is 1. The van der Waals surface area contributed by atoms with E-state index in [1.807, 2.05) is 28.8 Å². The third-order valence-corrected chi connectivity index (χ3v) is 3.02. The van der Waals surface area contributed by atoms with Crippen LogP contribution in [0.1, 0.15) is 5.56 Å². The molecule has 0 saturated carbocycles. The summed E-state index contributed by atoms with van der Waals surface area (Å²) in [7, 11) is 1.64. The molecule has 0 spiro atoms. The quantitative estimate of drug-likeness (QED) is 0.779. The number of fused-ring (bicyclic) bond motifs is 1. The van der Waals surface area contributed by atoms with Crippen molar-refractivity contribution in [3.05, 3.63) is 48.4 Å². The lowest BCUT2D eigenvalue weighted by Crippen LogP contribution is -1.98. The third kappa shape index (κ3) is 2.10. The predicted octanol–water partition coefficient (Wildman–Crippen LogP) is 2.19. The molecule has 1 N–H and O–H groups in total. The van der Waals surface area contributed by atoms with E-state index in [1.54, 1.807) is 25.7 Å². The first kappa shape index (κ1) is 11.5. The Morgan fingerprint density at radius 3 is 2.68 bits per heavy atom. The van der Waals surface area contributed by atoms with Crippen LogP contribution in [-0.4, -0.2) is 26.8 Å². The molecule has 5 nitrogen and oxygen atoms in total. The van der Waals surface area contributed by atoms with Crippen LogP contribution in [0, 0.1) is 0 Å². The van der Waals surface area contributed by atoms with Gasteiger partial charge in [-0.15, -0.1) is 0 Å². The van der Waals surface area contributed by atoms with Gasteiger partial charge in [0.15, 0.2) is 0 Å². The van der Waals surface area contributed by atoms with Gasteiger partial charge in [0.05, 0.1) is 19.0 Å². The molecule has 19 heavy (non-hydrogen) atoms. The summed E-state index contributed by atoms with van der Waals surface area (Å²) in [6, 6.07) is 9.56. The summed E-state index contributed by atoms with van der Waals surface area (Å²) in [6.45, 7) is 0.625. The molecule has 0 bridgehead atoms. The summed E-state index contributed by atoms with van der Waals surface area (Å²) >= 11 is 0. The van der Waals surface area contributed by atoms with Crippen molar-refractivity contribution in [2.45, 2.75) is 6.54 Å².